The van der Waals surface area contributed by atoms with Crippen LogP contribution in [-0.2, 0) is 0 Å². The van der Waals surface area contributed by atoms with Gasteiger partial charge in [0.15, 0.2) is 11.6 Å². The Hall–Kier alpha value is -3.14. The van der Waals surface area contributed by atoms with Gasteiger partial charge in [0, 0.05) is 11.1 Å². The predicted molar refractivity (Wildman–Crippen MR) is 133 cm³/mol. The third-order valence-electron chi connectivity index (χ3n) is 3.95. The van der Waals surface area contributed by atoms with Crippen LogP contribution in [0.25, 0.3) is 10.8 Å². The van der Waals surface area contributed by atoms with Crippen LogP contribution in [-0.4, -0.2) is 25.8 Å². The molecule has 0 aromatic heterocycles. The van der Waals surface area contributed by atoms with Gasteiger partial charge in [0.25, 0.3) is 0 Å². The van der Waals surface area contributed by atoms with Gasteiger partial charge in [-0.15, -0.1) is 0 Å². The van der Waals surface area contributed by atoms with E-state index >= 15 is 0 Å². The number of carbonyl (C=O) groups is 2. The Morgan fingerprint density at radius 1 is 0.645 bits per heavy atom. The van der Waals surface area contributed by atoms with Crippen molar-refractivity contribution in [3.05, 3.63) is 71.8 Å². The molecule has 3 rings (SSSR count). The first-order chi connectivity index (χ1) is 13.9. The van der Waals surface area contributed by atoms with Crippen LogP contribution < -0.4 is 9.47 Å². The summed E-state index contributed by atoms with van der Waals surface area (Å²) in [7, 11) is 3.24. The fourth-order valence-corrected chi connectivity index (χ4v) is 2.40. The van der Waals surface area contributed by atoms with Crippen LogP contribution in [0.15, 0.2) is 60.7 Å². The molecule has 4 heteroatoms. The molecule has 0 unspecified atom stereocenters. The molecule has 0 radical (unpaired) electrons. The minimum atomic E-state index is 0. The van der Waals surface area contributed by atoms with Crippen molar-refractivity contribution in [2.75, 3.05) is 14.2 Å². The minimum absolute atomic E-state index is 0. The molecule has 0 heterocycles. The summed E-state index contributed by atoms with van der Waals surface area (Å²) in [5.74, 6) is 1.77. The maximum Gasteiger partial charge on any atom is 0.159 e. The highest BCUT2D eigenvalue weighted by molar-refractivity contribution is 5.98. The van der Waals surface area contributed by atoms with Crippen LogP contribution in [0.4, 0.5) is 0 Å². The first-order valence-corrected chi connectivity index (χ1v) is 9.59. The van der Waals surface area contributed by atoms with Crippen molar-refractivity contribution >= 4 is 22.3 Å². The zero-order chi connectivity index (χ0) is 21.8. The summed E-state index contributed by atoms with van der Waals surface area (Å²) >= 11 is 0. The molecule has 0 atom stereocenters. The maximum atomic E-state index is 11.2. The SMILES string of the molecule is C.C.CCC.COc1ccc(C(C)=O)cc1.COc1ccc2cc(C(C)=O)ccc2c1. The predicted octanol–water partition coefficient (Wildman–Crippen LogP) is 7.64. The van der Waals surface area contributed by atoms with Gasteiger partial charge in [-0.05, 0) is 67.1 Å². The summed E-state index contributed by atoms with van der Waals surface area (Å²) in [6.07, 6.45) is 1.25. The monoisotopic (exact) mass is 426 g/mol. The third kappa shape index (κ3) is 9.94. The topological polar surface area (TPSA) is 52.6 Å². The molecule has 0 spiro atoms. The van der Waals surface area contributed by atoms with Gasteiger partial charge in [-0.2, -0.15) is 0 Å². The van der Waals surface area contributed by atoms with Crippen LogP contribution >= 0.6 is 0 Å². The minimum Gasteiger partial charge on any atom is -0.497 e. The molecule has 0 aliphatic heterocycles. The van der Waals surface area contributed by atoms with E-state index in [0.717, 1.165) is 27.8 Å². The van der Waals surface area contributed by atoms with E-state index in [1.54, 1.807) is 52.3 Å². The van der Waals surface area contributed by atoms with E-state index < -0.39 is 0 Å². The van der Waals surface area contributed by atoms with Crippen molar-refractivity contribution in [3.63, 3.8) is 0 Å². The summed E-state index contributed by atoms with van der Waals surface area (Å²) in [5.41, 5.74) is 1.46. The van der Waals surface area contributed by atoms with Crippen LogP contribution in [0.3, 0.4) is 0 Å². The van der Waals surface area contributed by atoms with Crippen molar-refractivity contribution in [2.45, 2.75) is 49.0 Å². The lowest BCUT2D eigenvalue weighted by molar-refractivity contribution is 0.100. The largest absolute Gasteiger partial charge is 0.497 e. The van der Waals surface area contributed by atoms with Gasteiger partial charge in [0.2, 0.25) is 0 Å². The van der Waals surface area contributed by atoms with Gasteiger partial charge < -0.3 is 9.47 Å². The first kappa shape index (κ1) is 30.1. The van der Waals surface area contributed by atoms with Crippen LogP contribution in [0.2, 0.25) is 0 Å². The molecular formula is C27H38O4. The standard InChI is InChI=1S/C13H12O2.C9H10O2.C3H8.2CH4/c1-9(14)10-3-4-12-8-13(15-2)6-5-11(12)7-10;1-7(10)8-3-5-9(11-2)6-4-8;1-3-2;;/h3-8H,1-2H3;3-6H,1-2H3;3H2,1-2H3;2*1H4. The number of ketones is 2. The Balaban J connectivity index is 0. The lowest BCUT2D eigenvalue weighted by Gasteiger charge is -2.03. The van der Waals surface area contributed by atoms with Crippen LogP contribution in [0.1, 0.15) is 69.7 Å². The number of hydrogen-bond acceptors (Lipinski definition) is 4. The molecule has 0 saturated heterocycles. The van der Waals surface area contributed by atoms with Crippen molar-refractivity contribution in [1.82, 2.24) is 0 Å². The van der Waals surface area contributed by atoms with Gasteiger partial charge in [-0.3, -0.25) is 9.59 Å². The Bertz CT molecular complexity index is 928. The number of ether oxygens (including phenoxy) is 2. The van der Waals surface area contributed by atoms with Crippen molar-refractivity contribution in [3.8, 4) is 11.5 Å². The van der Waals surface area contributed by atoms with Gasteiger partial charge >= 0.3 is 0 Å². The Kier molecular flexibility index (Phi) is 15.2. The normalized spacial score (nSPS) is 8.84. The number of rotatable bonds is 4. The molecule has 0 aliphatic carbocycles. The van der Waals surface area contributed by atoms with E-state index in [0.29, 0.717) is 5.56 Å². The summed E-state index contributed by atoms with van der Waals surface area (Å²) in [5, 5.41) is 2.14. The molecule has 0 N–H and O–H groups in total. The molecular weight excluding hydrogens is 388 g/mol. The molecule has 4 nitrogen and oxygen atoms in total. The zero-order valence-corrected chi connectivity index (χ0v) is 18.1. The highest BCUT2D eigenvalue weighted by Crippen LogP contribution is 2.21. The summed E-state index contributed by atoms with van der Waals surface area (Å²) in [4.78, 5) is 22.0. The summed E-state index contributed by atoms with van der Waals surface area (Å²) in [6, 6.07) is 18.5. The average Bonchev–Trinajstić information content (AvgIpc) is 2.74. The second kappa shape index (κ2) is 15.7. The molecule has 0 amide bonds. The number of carbonyl (C=O) groups excluding carboxylic acids is 2. The van der Waals surface area contributed by atoms with E-state index in [4.69, 9.17) is 9.47 Å². The molecule has 170 valence electrons. The number of Topliss-reactive ketones (excluding diaryl/α,β-unsaturated/α-hetero) is 2. The van der Waals surface area contributed by atoms with Gasteiger partial charge in [-0.25, -0.2) is 0 Å². The smallest absolute Gasteiger partial charge is 0.159 e. The molecule has 3 aromatic carbocycles. The zero-order valence-electron chi connectivity index (χ0n) is 18.1. The first-order valence-electron chi connectivity index (χ1n) is 9.59. The highest BCUT2D eigenvalue weighted by atomic mass is 16.5. The number of methoxy groups -OCH3 is 2. The molecule has 0 fully saturated rings. The van der Waals surface area contributed by atoms with Crippen molar-refractivity contribution in [1.29, 1.82) is 0 Å². The van der Waals surface area contributed by atoms with Gasteiger partial charge in [0.05, 0.1) is 14.2 Å². The van der Waals surface area contributed by atoms with Crippen LogP contribution in [0.5, 0.6) is 11.5 Å². The van der Waals surface area contributed by atoms with Crippen LogP contribution in [0, 0.1) is 0 Å². The summed E-state index contributed by atoms with van der Waals surface area (Å²) in [6.45, 7) is 7.37. The summed E-state index contributed by atoms with van der Waals surface area (Å²) < 4.78 is 10.1. The fourth-order valence-electron chi connectivity index (χ4n) is 2.40. The second-order valence-corrected chi connectivity index (χ2v) is 6.48. The second-order valence-electron chi connectivity index (χ2n) is 6.48. The molecule has 31 heavy (non-hydrogen) atoms. The Morgan fingerprint density at radius 2 is 1.03 bits per heavy atom. The van der Waals surface area contributed by atoms with E-state index in [2.05, 4.69) is 13.8 Å². The van der Waals surface area contributed by atoms with E-state index in [1.807, 2.05) is 36.4 Å². The van der Waals surface area contributed by atoms with E-state index in [9.17, 15) is 9.59 Å². The molecule has 3 aromatic rings. The molecule has 0 bridgehead atoms. The third-order valence-corrected chi connectivity index (χ3v) is 3.95. The lowest BCUT2D eigenvalue weighted by atomic mass is 10.0. The van der Waals surface area contributed by atoms with Gasteiger partial charge in [-0.1, -0.05) is 53.3 Å². The number of benzene rings is 3. The highest BCUT2D eigenvalue weighted by Gasteiger charge is 2.01. The maximum absolute atomic E-state index is 11.2. The quantitative estimate of drug-likeness (QED) is 0.402. The van der Waals surface area contributed by atoms with Crippen molar-refractivity contribution in [2.24, 2.45) is 0 Å². The van der Waals surface area contributed by atoms with Gasteiger partial charge in [0.1, 0.15) is 11.5 Å². The Morgan fingerprint density at radius 3 is 1.48 bits per heavy atom. The van der Waals surface area contributed by atoms with E-state index in [1.165, 1.54) is 6.42 Å². The van der Waals surface area contributed by atoms with Crippen molar-refractivity contribution < 1.29 is 19.1 Å². The average molecular weight is 427 g/mol. The molecule has 0 aliphatic rings. The Labute approximate surface area is 188 Å². The fraction of sp³-hybridized carbons (Fsp3) is 0.333. The lowest BCUT2D eigenvalue weighted by Crippen LogP contribution is -1.91. The number of hydrogen-bond donors (Lipinski definition) is 0. The molecule has 0 saturated carbocycles. The number of fused-ring (bicyclic) bond motifs is 1. The van der Waals surface area contributed by atoms with E-state index in [-0.39, 0.29) is 26.4 Å².